The van der Waals surface area contributed by atoms with Crippen molar-refractivity contribution in [1.82, 2.24) is 14.8 Å². The van der Waals surface area contributed by atoms with E-state index < -0.39 is 0 Å². The van der Waals surface area contributed by atoms with Gasteiger partial charge in [-0.05, 0) is 54.9 Å². The van der Waals surface area contributed by atoms with E-state index in [0.29, 0.717) is 10.9 Å². The Kier molecular flexibility index (Phi) is 4.23. The summed E-state index contributed by atoms with van der Waals surface area (Å²) in [6, 6.07) is 5.70. The van der Waals surface area contributed by atoms with Crippen LogP contribution in [0.15, 0.2) is 22.7 Å². The number of benzene rings is 1. The van der Waals surface area contributed by atoms with Gasteiger partial charge < -0.3 is 4.57 Å². The van der Waals surface area contributed by atoms with Crippen LogP contribution >= 0.6 is 39.1 Å². The van der Waals surface area contributed by atoms with Crippen molar-refractivity contribution in [2.24, 2.45) is 0 Å². The summed E-state index contributed by atoms with van der Waals surface area (Å²) in [5.41, 5.74) is 0.810. The molecule has 0 N–H and O–H groups in total. The lowest BCUT2D eigenvalue weighted by Gasteiger charge is -2.24. The van der Waals surface area contributed by atoms with E-state index in [0.717, 1.165) is 21.7 Å². The number of aromatic nitrogens is 3. The standard InChI is InChI=1S/C13H14BrCl2N3/c1-13(2,3)19-11(7-15)17-18-12(19)8-4-5-10(16)9(14)6-8/h4-6H,7H2,1-3H3. The first-order chi connectivity index (χ1) is 8.84. The van der Waals surface area contributed by atoms with Crippen LogP contribution in [0.3, 0.4) is 0 Å². The SMILES string of the molecule is CC(C)(C)n1c(CCl)nnc1-c1ccc(Cl)c(Br)c1. The van der Waals surface area contributed by atoms with Crippen LogP contribution in [0.5, 0.6) is 0 Å². The molecule has 2 rings (SSSR count). The van der Waals surface area contributed by atoms with Crippen LogP contribution in [0.2, 0.25) is 5.02 Å². The normalized spacial score (nSPS) is 11.9. The van der Waals surface area contributed by atoms with Gasteiger partial charge in [-0.3, -0.25) is 0 Å². The summed E-state index contributed by atoms with van der Waals surface area (Å²) in [5.74, 6) is 1.88. The van der Waals surface area contributed by atoms with Gasteiger partial charge in [0, 0.05) is 15.6 Å². The van der Waals surface area contributed by atoms with Crippen molar-refractivity contribution in [3.8, 4) is 11.4 Å². The number of halogens is 3. The van der Waals surface area contributed by atoms with E-state index in [2.05, 4.69) is 51.5 Å². The van der Waals surface area contributed by atoms with Crippen molar-refractivity contribution in [2.75, 3.05) is 0 Å². The molecule has 0 atom stereocenters. The van der Waals surface area contributed by atoms with Crippen molar-refractivity contribution < 1.29 is 0 Å². The van der Waals surface area contributed by atoms with Crippen molar-refractivity contribution in [2.45, 2.75) is 32.2 Å². The molecule has 0 bridgehead atoms. The monoisotopic (exact) mass is 361 g/mol. The lowest BCUT2D eigenvalue weighted by atomic mass is 10.1. The minimum Gasteiger partial charge on any atom is -0.305 e. The van der Waals surface area contributed by atoms with E-state index >= 15 is 0 Å². The zero-order chi connectivity index (χ0) is 14.2. The Bertz CT molecular complexity index is 602. The van der Waals surface area contributed by atoms with Crippen LogP contribution in [0.1, 0.15) is 26.6 Å². The summed E-state index contributed by atoms with van der Waals surface area (Å²) < 4.78 is 2.89. The van der Waals surface area contributed by atoms with Crippen molar-refractivity contribution in [3.05, 3.63) is 33.5 Å². The van der Waals surface area contributed by atoms with Crippen LogP contribution in [0.25, 0.3) is 11.4 Å². The van der Waals surface area contributed by atoms with Crippen LogP contribution < -0.4 is 0 Å². The first kappa shape index (κ1) is 14.8. The van der Waals surface area contributed by atoms with Gasteiger partial charge in [-0.15, -0.1) is 21.8 Å². The quantitative estimate of drug-likeness (QED) is 0.714. The van der Waals surface area contributed by atoms with E-state index in [9.17, 15) is 0 Å². The molecule has 0 saturated carbocycles. The maximum atomic E-state index is 6.02. The van der Waals surface area contributed by atoms with Crippen LogP contribution in [0.4, 0.5) is 0 Å². The molecule has 19 heavy (non-hydrogen) atoms. The lowest BCUT2D eigenvalue weighted by molar-refractivity contribution is 0.390. The maximum Gasteiger partial charge on any atom is 0.164 e. The molecule has 3 nitrogen and oxygen atoms in total. The number of nitrogens with zero attached hydrogens (tertiary/aromatic N) is 3. The summed E-state index contributed by atoms with van der Waals surface area (Å²) in [6.07, 6.45) is 0. The number of alkyl halides is 1. The summed E-state index contributed by atoms with van der Waals surface area (Å²) in [4.78, 5) is 0. The Morgan fingerprint density at radius 3 is 2.47 bits per heavy atom. The van der Waals surface area contributed by atoms with E-state index in [1.54, 1.807) is 0 Å². The summed E-state index contributed by atoms with van der Waals surface area (Å²) in [7, 11) is 0. The van der Waals surface area contributed by atoms with E-state index in [4.69, 9.17) is 23.2 Å². The van der Waals surface area contributed by atoms with Gasteiger partial charge in [0.2, 0.25) is 0 Å². The first-order valence-electron chi connectivity index (χ1n) is 5.80. The Morgan fingerprint density at radius 2 is 1.95 bits per heavy atom. The second-order valence-corrected chi connectivity index (χ2v) is 6.74. The Hall–Kier alpha value is -0.580. The molecule has 1 aromatic heterocycles. The molecule has 0 saturated heterocycles. The molecule has 2 aromatic rings. The van der Waals surface area contributed by atoms with E-state index in [1.165, 1.54) is 0 Å². The minimum absolute atomic E-state index is 0.144. The molecule has 0 unspecified atom stereocenters. The molecule has 0 amide bonds. The fraction of sp³-hybridized carbons (Fsp3) is 0.385. The number of hydrogen-bond donors (Lipinski definition) is 0. The highest BCUT2D eigenvalue weighted by atomic mass is 79.9. The fourth-order valence-electron chi connectivity index (χ4n) is 1.93. The Morgan fingerprint density at radius 1 is 1.26 bits per heavy atom. The second kappa shape index (κ2) is 5.43. The molecule has 0 spiro atoms. The lowest BCUT2D eigenvalue weighted by Crippen LogP contribution is -2.24. The highest BCUT2D eigenvalue weighted by Gasteiger charge is 2.23. The molecular formula is C13H14BrCl2N3. The largest absolute Gasteiger partial charge is 0.305 e. The predicted molar refractivity (Wildman–Crippen MR) is 82.7 cm³/mol. The van der Waals surface area contributed by atoms with Gasteiger partial charge in [0.1, 0.15) is 5.82 Å². The Labute approximate surface area is 131 Å². The average molecular weight is 363 g/mol. The van der Waals surface area contributed by atoms with Gasteiger partial charge in [0.05, 0.1) is 10.9 Å². The second-order valence-electron chi connectivity index (χ2n) is 5.21. The fourth-order valence-corrected chi connectivity index (χ4v) is 2.60. The maximum absolute atomic E-state index is 6.02. The van der Waals surface area contributed by atoms with Crippen LogP contribution in [0, 0.1) is 0 Å². The number of hydrogen-bond acceptors (Lipinski definition) is 2. The third-order valence-corrected chi connectivity index (χ3v) is 4.15. The summed E-state index contributed by atoms with van der Waals surface area (Å²) in [5, 5.41) is 9.09. The highest BCUT2D eigenvalue weighted by Crippen LogP contribution is 2.31. The topological polar surface area (TPSA) is 30.7 Å². The molecule has 0 aliphatic rings. The molecule has 6 heteroatoms. The predicted octanol–water partition coefficient (Wildman–Crippen LogP) is 4.85. The highest BCUT2D eigenvalue weighted by molar-refractivity contribution is 9.10. The third-order valence-electron chi connectivity index (χ3n) is 2.70. The molecule has 1 heterocycles. The Balaban J connectivity index is 2.62. The molecule has 1 aromatic carbocycles. The van der Waals surface area contributed by atoms with Crippen molar-refractivity contribution >= 4 is 39.1 Å². The molecule has 0 radical (unpaired) electrons. The third kappa shape index (κ3) is 2.96. The van der Waals surface area contributed by atoms with E-state index in [1.807, 2.05) is 18.2 Å². The molecule has 102 valence electrons. The van der Waals surface area contributed by atoms with Gasteiger partial charge in [0.25, 0.3) is 0 Å². The van der Waals surface area contributed by atoms with Crippen molar-refractivity contribution in [1.29, 1.82) is 0 Å². The summed E-state index contributed by atoms with van der Waals surface area (Å²) >= 11 is 15.4. The molecule has 0 fully saturated rings. The average Bonchev–Trinajstić information content (AvgIpc) is 2.76. The molecule has 0 aliphatic carbocycles. The van der Waals surface area contributed by atoms with Gasteiger partial charge in [-0.25, -0.2) is 0 Å². The van der Waals surface area contributed by atoms with Crippen molar-refractivity contribution in [3.63, 3.8) is 0 Å². The van der Waals surface area contributed by atoms with Gasteiger partial charge in [-0.2, -0.15) is 0 Å². The van der Waals surface area contributed by atoms with Gasteiger partial charge >= 0.3 is 0 Å². The van der Waals surface area contributed by atoms with E-state index in [-0.39, 0.29) is 5.54 Å². The van der Waals surface area contributed by atoms with Gasteiger partial charge in [-0.1, -0.05) is 11.6 Å². The zero-order valence-corrected chi connectivity index (χ0v) is 14.0. The van der Waals surface area contributed by atoms with Gasteiger partial charge in [0.15, 0.2) is 5.82 Å². The van der Waals surface area contributed by atoms with Crippen LogP contribution in [-0.2, 0) is 11.4 Å². The number of rotatable bonds is 2. The smallest absolute Gasteiger partial charge is 0.164 e. The first-order valence-corrected chi connectivity index (χ1v) is 7.51. The van der Waals surface area contributed by atoms with Crippen LogP contribution in [-0.4, -0.2) is 14.8 Å². The minimum atomic E-state index is -0.144. The molecule has 0 aliphatic heterocycles. The zero-order valence-electron chi connectivity index (χ0n) is 10.9. The molecular weight excluding hydrogens is 349 g/mol. The summed E-state index contributed by atoms with van der Waals surface area (Å²) in [6.45, 7) is 6.29.